The number of aromatic nitrogens is 3. The number of primary amides is 1. The molecule has 1 aliphatic carbocycles. The monoisotopic (exact) mass is 399 g/mol. The van der Waals surface area contributed by atoms with Gasteiger partial charge in [-0.3, -0.25) is 4.79 Å². The number of carbonyl (C=O) groups is 1. The highest BCUT2D eigenvalue weighted by Crippen LogP contribution is 2.37. The first kappa shape index (κ1) is 18.3. The van der Waals surface area contributed by atoms with Crippen molar-refractivity contribution in [2.24, 2.45) is 5.73 Å². The average molecular weight is 399 g/mol. The first-order valence-corrected chi connectivity index (χ1v) is 9.83. The number of aliphatic hydroxyl groups is 1. The summed E-state index contributed by atoms with van der Waals surface area (Å²) < 4.78 is 1.61. The number of nitrogen functional groups attached to an aromatic ring is 1. The number of pyridine rings is 1. The normalized spacial score (nSPS) is 18.3. The summed E-state index contributed by atoms with van der Waals surface area (Å²) in [6.45, 7) is 0. The number of benzene rings is 2. The van der Waals surface area contributed by atoms with Gasteiger partial charge in [-0.25, -0.2) is 9.67 Å². The third-order valence-corrected chi connectivity index (χ3v) is 5.66. The molecule has 2 heterocycles. The molecular formula is C23H21N5O2. The van der Waals surface area contributed by atoms with E-state index in [9.17, 15) is 9.90 Å². The van der Waals surface area contributed by atoms with Crippen LogP contribution in [0, 0.1) is 0 Å². The summed E-state index contributed by atoms with van der Waals surface area (Å²) in [5.74, 6) is -0.389. The predicted octanol–water partition coefficient (Wildman–Crippen LogP) is 3.14. The summed E-state index contributed by atoms with van der Waals surface area (Å²) in [5, 5.41) is 15.2. The van der Waals surface area contributed by atoms with Crippen molar-refractivity contribution >= 4 is 22.6 Å². The molecule has 30 heavy (non-hydrogen) atoms. The van der Waals surface area contributed by atoms with E-state index in [2.05, 4.69) is 5.10 Å². The average Bonchev–Trinajstić information content (AvgIpc) is 3.08. The molecule has 0 unspecified atom stereocenters. The third-order valence-electron chi connectivity index (χ3n) is 5.66. The van der Waals surface area contributed by atoms with E-state index >= 15 is 0 Å². The fourth-order valence-electron chi connectivity index (χ4n) is 3.96. The lowest BCUT2D eigenvalue weighted by Crippen LogP contribution is -2.32. The summed E-state index contributed by atoms with van der Waals surface area (Å²) >= 11 is 0. The van der Waals surface area contributed by atoms with Crippen molar-refractivity contribution in [3.8, 4) is 22.5 Å². The second kappa shape index (κ2) is 6.96. The Hall–Kier alpha value is -3.71. The van der Waals surface area contributed by atoms with Gasteiger partial charge in [0.25, 0.3) is 5.91 Å². The summed E-state index contributed by atoms with van der Waals surface area (Å²) in [5.41, 5.74) is 15.9. The van der Waals surface area contributed by atoms with Crippen LogP contribution in [0.3, 0.4) is 0 Å². The van der Waals surface area contributed by atoms with Gasteiger partial charge in [0.1, 0.15) is 17.1 Å². The molecule has 4 aromatic rings. The summed E-state index contributed by atoms with van der Waals surface area (Å²) in [4.78, 5) is 16.9. The van der Waals surface area contributed by atoms with E-state index in [1.54, 1.807) is 4.68 Å². The van der Waals surface area contributed by atoms with E-state index in [-0.39, 0.29) is 23.5 Å². The van der Waals surface area contributed by atoms with E-state index < -0.39 is 5.91 Å². The van der Waals surface area contributed by atoms with E-state index in [4.69, 9.17) is 16.5 Å². The second-order valence-corrected chi connectivity index (χ2v) is 7.67. The molecule has 1 fully saturated rings. The van der Waals surface area contributed by atoms with Gasteiger partial charge in [-0.15, -0.1) is 0 Å². The van der Waals surface area contributed by atoms with Crippen molar-refractivity contribution in [2.45, 2.75) is 25.0 Å². The summed E-state index contributed by atoms with van der Waals surface area (Å²) in [6, 6.07) is 19.7. The minimum atomic E-state index is -0.625. The van der Waals surface area contributed by atoms with Crippen LogP contribution >= 0.6 is 0 Å². The van der Waals surface area contributed by atoms with Crippen LogP contribution in [-0.4, -0.2) is 31.9 Å². The molecule has 0 saturated heterocycles. The van der Waals surface area contributed by atoms with Crippen molar-refractivity contribution in [2.75, 3.05) is 5.73 Å². The highest BCUT2D eigenvalue weighted by molar-refractivity contribution is 6.04. The lowest BCUT2D eigenvalue weighted by atomic mass is 9.90. The molecule has 0 aliphatic heterocycles. The number of carbonyl (C=O) groups excluding carboxylic acids is 1. The SMILES string of the molecule is NC(=O)c1c(-c2ccc3ccc(-c4ccccc4)nc3c2)nn(C2CC(O)C2)c1N. The van der Waals surface area contributed by atoms with Gasteiger partial charge in [0.15, 0.2) is 0 Å². The van der Waals surface area contributed by atoms with Crippen molar-refractivity contribution < 1.29 is 9.90 Å². The predicted molar refractivity (Wildman–Crippen MR) is 116 cm³/mol. The Bertz CT molecular complexity index is 1260. The zero-order valence-electron chi connectivity index (χ0n) is 16.2. The molecule has 0 atom stereocenters. The molecule has 0 bridgehead atoms. The summed E-state index contributed by atoms with van der Waals surface area (Å²) in [7, 11) is 0. The van der Waals surface area contributed by atoms with Crippen LogP contribution < -0.4 is 11.5 Å². The standard InChI is InChI=1S/C23H21N5O2/c24-22-20(23(25)30)21(27-28(22)16-11-17(29)12-16)15-7-6-14-8-9-18(26-19(14)10-15)13-4-2-1-3-5-13/h1-10,16-17,29H,11-12,24H2,(H2,25,30). The minimum Gasteiger partial charge on any atom is -0.393 e. The first-order valence-electron chi connectivity index (χ1n) is 9.83. The van der Waals surface area contributed by atoms with E-state index in [0.29, 0.717) is 18.5 Å². The number of fused-ring (bicyclic) bond motifs is 1. The smallest absolute Gasteiger partial charge is 0.254 e. The molecule has 5 N–H and O–H groups in total. The number of nitrogens with two attached hydrogens (primary N) is 2. The first-order chi connectivity index (χ1) is 14.5. The lowest BCUT2D eigenvalue weighted by Gasteiger charge is -2.32. The molecule has 1 aliphatic rings. The van der Waals surface area contributed by atoms with Crippen molar-refractivity contribution in [3.63, 3.8) is 0 Å². The van der Waals surface area contributed by atoms with Crippen molar-refractivity contribution in [1.29, 1.82) is 0 Å². The van der Waals surface area contributed by atoms with Gasteiger partial charge in [0.2, 0.25) is 0 Å². The lowest BCUT2D eigenvalue weighted by molar-refractivity contribution is 0.0445. The van der Waals surface area contributed by atoms with Gasteiger partial charge in [-0.1, -0.05) is 48.5 Å². The quantitative estimate of drug-likeness (QED) is 0.487. The molecule has 7 heteroatoms. The van der Waals surface area contributed by atoms with E-state index in [0.717, 1.165) is 27.7 Å². The highest BCUT2D eigenvalue weighted by Gasteiger charge is 2.33. The molecule has 0 spiro atoms. The van der Waals surface area contributed by atoms with Crippen LogP contribution in [0.25, 0.3) is 33.4 Å². The van der Waals surface area contributed by atoms with Gasteiger partial charge in [0.05, 0.1) is 23.4 Å². The largest absolute Gasteiger partial charge is 0.393 e. The molecular weight excluding hydrogens is 378 g/mol. The molecule has 5 rings (SSSR count). The fourth-order valence-corrected chi connectivity index (χ4v) is 3.96. The maximum atomic E-state index is 12.1. The van der Waals surface area contributed by atoms with Crippen LogP contribution in [0.5, 0.6) is 0 Å². The minimum absolute atomic E-state index is 0.0323. The highest BCUT2D eigenvalue weighted by atomic mass is 16.3. The number of amides is 1. The van der Waals surface area contributed by atoms with Gasteiger partial charge < -0.3 is 16.6 Å². The number of rotatable bonds is 4. The van der Waals surface area contributed by atoms with Crippen molar-refractivity contribution in [1.82, 2.24) is 14.8 Å². The van der Waals surface area contributed by atoms with Crippen LogP contribution in [0.1, 0.15) is 29.2 Å². The molecule has 2 aromatic carbocycles. The number of aliphatic hydroxyl groups excluding tert-OH is 1. The number of hydrogen-bond donors (Lipinski definition) is 3. The Balaban J connectivity index is 1.62. The van der Waals surface area contributed by atoms with E-state index in [1.165, 1.54) is 0 Å². The van der Waals surface area contributed by atoms with Gasteiger partial charge in [-0.2, -0.15) is 5.10 Å². The Morgan fingerprint density at radius 2 is 1.77 bits per heavy atom. The molecule has 1 amide bonds. The van der Waals surface area contributed by atoms with Crippen LogP contribution in [0.4, 0.5) is 5.82 Å². The molecule has 7 nitrogen and oxygen atoms in total. The third kappa shape index (κ3) is 3.00. The zero-order valence-corrected chi connectivity index (χ0v) is 16.2. The Kier molecular flexibility index (Phi) is 4.25. The molecule has 2 aromatic heterocycles. The molecule has 150 valence electrons. The van der Waals surface area contributed by atoms with E-state index in [1.807, 2.05) is 60.7 Å². The van der Waals surface area contributed by atoms with Crippen LogP contribution in [-0.2, 0) is 0 Å². The topological polar surface area (TPSA) is 120 Å². The van der Waals surface area contributed by atoms with Crippen LogP contribution in [0.15, 0.2) is 60.7 Å². The van der Waals surface area contributed by atoms with Gasteiger partial charge in [0, 0.05) is 16.5 Å². The fraction of sp³-hybridized carbons (Fsp3) is 0.174. The second-order valence-electron chi connectivity index (χ2n) is 7.67. The molecule has 0 radical (unpaired) electrons. The number of hydrogen-bond acceptors (Lipinski definition) is 5. The van der Waals surface area contributed by atoms with Crippen LogP contribution in [0.2, 0.25) is 0 Å². The number of anilines is 1. The van der Waals surface area contributed by atoms with Gasteiger partial charge >= 0.3 is 0 Å². The summed E-state index contributed by atoms with van der Waals surface area (Å²) in [6.07, 6.45) is 0.757. The maximum Gasteiger partial charge on any atom is 0.254 e. The van der Waals surface area contributed by atoms with Gasteiger partial charge in [-0.05, 0) is 25.0 Å². The molecule has 1 saturated carbocycles. The Labute approximate surface area is 173 Å². The number of nitrogens with zero attached hydrogens (tertiary/aromatic N) is 3. The van der Waals surface area contributed by atoms with Crippen molar-refractivity contribution in [3.05, 3.63) is 66.2 Å². The maximum absolute atomic E-state index is 12.1. The Morgan fingerprint density at radius 1 is 1.03 bits per heavy atom. The zero-order chi connectivity index (χ0) is 20.8. The Morgan fingerprint density at radius 3 is 2.47 bits per heavy atom.